The van der Waals surface area contributed by atoms with Crippen LogP contribution in [0.3, 0.4) is 0 Å². The number of carbonyl (C=O) groups is 2. The smallest absolute Gasteiger partial charge is 0.346 e. The van der Waals surface area contributed by atoms with Gasteiger partial charge >= 0.3 is 5.97 Å². The van der Waals surface area contributed by atoms with E-state index in [9.17, 15) is 14.7 Å². The first-order chi connectivity index (χ1) is 19.5. The van der Waals surface area contributed by atoms with Crippen LogP contribution in [-0.2, 0) is 0 Å². The Morgan fingerprint density at radius 2 is 1.75 bits per heavy atom. The minimum Gasteiger partial charge on any atom is -0.477 e. The van der Waals surface area contributed by atoms with E-state index in [1.807, 2.05) is 23.1 Å². The third-order valence-corrected chi connectivity index (χ3v) is 8.78. The van der Waals surface area contributed by atoms with E-state index in [0.717, 1.165) is 17.9 Å². The van der Waals surface area contributed by atoms with Crippen molar-refractivity contribution in [1.29, 1.82) is 0 Å². The Hall–Kier alpha value is -4.20. The van der Waals surface area contributed by atoms with Gasteiger partial charge in [-0.3, -0.25) is 4.79 Å². The van der Waals surface area contributed by atoms with Gasteiger partial charge in [-0.1, -0.05) is 72.8 Å². The van der Waals surface area contributed by atoms with Gasteiger partial charge in [0.1, 0.15) is 10.6 Å². The fraction of sp³-hybridized carbons (Fsp3) is 0.212. The lowest BCUT2D eigenvalue weighted by Crippen LogP contribution is -2.31. The minimum atomic E-state index is -1.01. The van der Waals surface area contributed by atoms with Crippen LogP contribution in [-0.4, -0.2) is 41.5 Å². The van der Waals surface area contributed by atoms with Gasteiger partial charge in [0.2, 0.25) is 0 Å². The van der Waals surface area contributed by atoms with Gasteiger partial charge in [0.25, 0.3) is 5.91 Å². The molecule has 0 bridgehead atoms. The summed E-state index contributed by atoms with van der Waals surface area (Å²) < 4.78 is 5.90. The molecule has 1 saturated heterocycles. The maximum Gasteiger partial charge on any atom is 0.346 e. The Kier molecular flexibility index (Phi) is 7.24. The minimum absolute atomic E-state index is 0.147. The maximum atomic E-state index is 13.6. The molecule has 2 aromatic heterocycles. The summed E-state index contributed by atoms with van der Waals surface area (Å²) in [5.74, 6) is -0.169. The molecule has 2 N–H and O–H groups in total. The number of carboxylic acid groups (broad SMARTS) is 1. The summed E-state index contributed by atoms with van der Waals surface area (Å²) >= 11 is 1.14. The molecule has 0 aliphatic carbocycles. The number of furan rings is 1. The lowest BCUT2D eigenvalue weighted by Gasteiger charge is -2.23. The Morgan fingerprint density at radius 1 is 0.975 bits per heavy atom. The van der Waals surface area contributed by atoms with Gasteiger partial charge in [-0.25, -0.2) is 4.79 Å². The first kappa shape index (κ1) is 26.0. The molecule has 0 radical (unpaired) electrons. The number of hydrogen-bond donors (Lipinski definition) is 2. The number of fused-ring (bicyclic) bond motifs is 1. The van der Waals surface area contributed by atoms with Crippen LogP contribution < -0.4 is 5.32 Å². The highest BCUT2D eigenvalue weighted by molar-refractivity contribution is 7.12. The monoisotopic (exact) mass is 550 g/mol. The molecular formula is C33H30N2O4S. The van der Waals surface area contributed by atoms with Gasteiger partial charge in [0.15, 0.2) is 5.76 Å². The number of nitrogens with one attached hydrogen (secondary N) is 1. The van der Waals surface area contributed by atoms with Crippen LogP contribution in [0.5, 0.6) is 0 Å². The zero-order valence-corrected chi connectivity index (χ0v) is 22.9. The molecular weight excluding hydrogens is 520 g/mol. The normalized spacial score (nSPS) is 17.8. The Labute approximate surface area is 236 Å². The highest BCUT2D eigenvalue weighted by Gasteiger charge is 2.37. The molecule has 3 atom stereocenters. The van der Waals surface area contributed by atoms with Crippen LogP contribution in [0.15, 0.2) is 101 Å². The van der Waals surface area contributed by atoms with Gasteiger partial charge < -0.3 is 19.7 Å². The number of carboxylic acids is 1. The van der Waals surface area contributed by atoms with E-state index in [1.54, 1.807) is 23.6 Å². The van der Waals surface area contributed by atoms with Crippen molar-refractivity contribution in [2.24, 2.45) is 5.92 Å². The van der Waals surface area contributed by atoms with E-state index in [1.165, 1.54) is 21.9 Å². The summed E-state index contributed by atoms with van der Waals surface area (Å²) in [5.41, 5.74) is 2.97. The standard InChI is InChI=1S/C33H30N2O4S/c1-21(25-13-7-11-22-10-5-6-12-26(22)25)34-18-24-19-35(20-28(24)23-8-3-2-4-9-23)32(36)30-15-14-29(39-30)27-16-17-40-31(27)33(37)38/h2-17,21,24,28,34H,18-20H2,1H3,(H,37,38)/t21-,24+,28-/m1/s1. The van der Waals surface area contributed by atoms with Crippen LogP contribution in [0.1, 0.15) is 50.2 Å². The molecule has 0 spiro atoms. The van der Waals surface area contributed by atoms with Crippen molar-refractivity contribution in [3.05, 3.63) is 118 Å². The van der Waals surface area contributed by atoms with Crippen molar-refractivity contribution in [2.45, 2.75) is 18.9 Å². The molecule has 1 fully saturated rings. The van der Waals surface area contributed by atoms with Gasteiger partial charge in [0.05, 0.1) is 0 Å². The number of rotatable bonds is 8. The number of nitrogens with zero attached hydrogens (tertiary/aromatic N) is 1. The second-order valence-electron chi connectivity index (χ2n) is 10.3. The zero-order chi connectivity index (χ0) is 27.6. The number of benzene rings is 3. The van der Waals surface area contributed by atoms with E-state index in [0.29, 0.717) is 24.4 Å². The van der Waals surface area contributed by atoms with Crippen molar-refractivity contribution in [1.82, 2.24) is 10.2 Å². The lowest BCUT2D eigenvalue weighted by atomic mass is 9.88. The summed E-state index contributed by atoms with van der Waals surface area (Å²) in [6.45, 7) is 4.14. The van der Waals surface area contributed by atoms with Crippen molar-refractivity contribution in [3.63, 3.8) is 0 Å². The first-order valence-electron chi connectivity index (χ1n) is 13.5. The summed E-state index contributed by atoms with van der Waals surface area (Å²) in [6, 6.07) is 30.4. The average molecular weight is 551 g/mol. The van der Waals surface area contributed by atoms with Gasteiger partial charge in [-0.2, -0.15) is 0 Å². The van der Waals surface area contributed by atoms with Gasteiger partial charge in [-0.15, -0.1) is 11.3 Å². The molecule has 1 aliphatic rings. The van der Waals surface area contributed by atoms with Crippen LogP contribution in [0.25, 0.3) is 22.1 Å². The van der Waals surface area contributed by atoms with Crippen LogP contribution in [0.4, 0.5) is 0 Å². The van der Waals surface area contributed by atoms with Crippen LogP contribution in [0, 0.1) is 5.92 Å². The fourth-order valence-electron chi connectivity index (χ4n) is 5.81. The summed E-state index contributed by atoms with van der Waals surface area (Å²) in [5, 5.41) is 17.4. The third-order valence-electron chi connectivity index (χ3n) is 7.87. The predicted octanol–water partition coefficient (Wildman–Crippen LogP) is 7.07. The first-order valence-corrected chi connectivity index (χ1v) is 14.3. The fourth-order valence-corrected chi connectivity index (χ4v) is 6.55. The summed E-state index contributed by atoms with van der Waals surface area (Å²) in [7, 11) is 0. The highest BCUT2D eigenvalue weighted by Crippen LogP contribution is 2.35. The topological polar surface area (TPSA) is 82.8 Å². The van der Waals surface area contributed by atoms with Gasteiger partial charge in [0, 0.05) is 37.2 Å². The van der Waals surface area contributed by atoms with E-state index >= 15 is 0 Å². The van der Waals surface area contributed by atoms with E-state index in [-0.39, 0.29) is 34.4 Å². The molecule has 6 nitrogen and oxygen atoms in total. The number of carbonyl (C=O) groups excluding carboxylic acids is 1. The van der Waals surface area contributed by atoms with E-state index in [2.05, 4.69) is 66.8 Å². The quantitative estimate of drug-likeness (QED) is 0.216. The second-order valence-corrected chi connectivity index (χ2v) is 11.2. The van der Waals surface area contributed by atoms with E-state index < -0.39 is 5.97 Å². The molecule has 1 amide bonds. The van der Waals surface area contributed by atoms with Crippen LogP contribution in [0.2, 0.25) is 0 Å². The maximum absolute atomic E-state index is 13.6. The number of amides is 1. The van der Waals surface area contributed by atoms with Crippen LogP contribution >= 0.6 is 11.3 Å². The Balaban J connectivity index is 1.21. The molecule has 3 heterocycles. The molecule has 3 aromatic carbocycles. The Bertz CT molecular complexity index is 1650. The summed E-state index contributed by atoms with van der Waals surface area (Å²) in [4.78, 5) is 27.2. The molecule has 6 rings (SSSR count). The van der Waals surface area contributed by atoms with Gasteiger partial charge in [-0.05, 0) is 58.3 Å². The zero-order valence-electron chi connectivity index (χ0n) is 22.1. The molecule has 0 saturated carbocycles. The molecule has 1 aliphatic heterocycles. The van der Waals surface area contributed by atoms with Crippen molar-refractivity contribution in [3.8, 4) is 11.3 Å². The number of aromatic carboxylic acids is 1. The number of thiophene rings is 1. The predicted molar refractivity (Wildman–Crippen MR) is 158 cm³/mol. The molecule has 202 valence electrons. The Morgan fingerprint density at radius 3 is 2.58 bits per heavy atom. The third kappa shape index (κ3) is 5.06. The van der Waals surface area contributed by atoms with Crippen molar-refractivity contribution >= 4 is 34.0 Å². The average Bonchev–Trinajstić information content (AvgIpc) is 3.75. The molecule has 40 heavy (non-hydrogen) atoms. The lowest BCUT2D eigenvalue weighted by molar-refractivity contribution is 0.0702. The molecule has 5 aromatic rings. The number of likely N-dealkylation sites (tertiary alicyclic amines) is 1. The molecule has 0 unspecified atom stereocenters. The highest BCUT2D eigenvalue weighted by atomic mass is 32.1. The van der Waals surface area contributed by atoms with Crippen molar-refractivity contribution < 1.29 is 19.1 Å². The molecule has 7 heteroatoms. The van der Waals surface area contributed by atoms with Crippen molar-refractivity contribution in [2.75, 3.05) is 19.6 Å². The second kappa shape index (κ2) is 11.1. The SMILES string of the molecule is C[C@@H](NC[C@H]1CN(C(=O)c2ccc(-c3ccsc3C(=O)O)o2)C[C@@H]1c1ccccc1)c1cccc2ccccc12. The largest absolute Gasteiger partial charge is 0.477 e. The van der Waals surface area contributed by atoms with E-state index in [4.69, 9.17) is 4.42 Å². The summed E-state index contributed by atoms with van der Waals surface area (Å²) in [6.07, 6.45) is 0. The number of hydrogen-bond acceptors (Lipinski definition) is 5.